The Kier molecular flexibility index (Phi) is 3.74. The molecule has 2 fully saturated rings. The van der Waals surface area contributed by atoms with E-state index in [4.69, 9.17) is 0 Å². The first-order valence-corrected chi connectivity index (χ1v) is 8.41. The Bertz CT molecular complexity index is 638. The Morgan fingerprint density at radius 2 is 1.91 bits per heavy atom. The second-order valence-electron chi connectivity index (χ2n) is 7.75. The van der Waals surface area contributed by atoms with E-state index in [2.05, 4.69) is 43.4 Å². The van der Waals surface area contributed by atoms with Crippen LogP contribution < -0.4 is 5.32 Å². The SMILES string of the molecule is CC1(C)[C@@]2(C(=O)NCCc3ccccc3)CC[C@@]1(C)/C(=N\O)C2. The molecule has 2 aliphatic rings. The Morgan fingerprint density at radius 1 is 1.22 bits per heavy atom. The summed E-state index contributed by atoms with van der Waals surface area (Å²) in [6, 6.07) is 10.2. The van der Waals surface area contributed by atoms with Gasteiger partial charge in [0.2, 0.25) is 5.91 Å². The molecule has 2 aliphatic carbocycles. The molecule has 0 saturated heterocycles. The van der Waals surface area contributed by atoms with E-state index in [0.29, 0.717) is 13.0 Å². The van der Waals surface area contributed by atoms with Crippen LogP contribution in [0.4, 0.5) is 0 Å². The van der Waals surface area contributed by atoms with Crippen LogP contribution in [0.2, 0.25) is 0 Å². The normalized spacial score (nSPS) is 33.1. The highest BCUT2D eigenvalue weighted by molar-refractivity contribution is 6.02. The lowest BCUT2D eigenvalue weighted by Crippen LogP contribution is -2.47. The summed E-state index contributed by atoms with van der Waals surface area (Å²) in [7, 11) is 0. The van der Waals surface area contributed by atoms with Crippen molar-refractivity contribution in [1.82, 2.24) is 5.32 Å². The predicted molar refractivity (Wildman–Crippen MR) is 90.5 cm³/mol. The molecular formula is C19H26N2O2. The van der Waals surface area contributed by atoms with Gasteiger partial charge in [0.1, 0.15) is 0 Å². The van der Waals surface area contributed by atoms with E-state index in [1.54, 1.807) is 0 Å². The highest BCUT2D eigenvalue weighted by Gasteiger charge is 2.71. The minimum atomic E-state index is -0.444. The summed E-state index contributed by atoms with van der Waals surface area (Å²) in [4.78, 5) is 13.0. The molecule has 1 aromatic carbocycles. The third-order valence-corrected chi connectivity index (χ3v) is 6.83. The molecule has 2 N–H and O–H groups in total. The summed E-state index contributed by atoms with van der Waals surface area (Å²) >= 11 is 0. The van der Waals surface area contributed by atoms with Gasteiger partial charge in [0.25, 0.3) is 0 Å². The fourth-order valence-electron chi connectivity index (χ4n) is 4.67. The molecule has 2 saturated carbocycles. The van der Waals surface area contributed by atoms with Gasteiger partial charge in [0, 0.05) is 18.4 Å². The fourth-order valence-corrected chi connectivity index (χ4v) is 4.67. The third-order valence-electron chi connectivity index (χ3n) is 6.83. The first kappa shape index (κ1) is 16.0. The zero-order valence-electron chi connectivity index (χ0n) is 14.2. The van der Waals surface area contributed by atoms with E-state index >= 15 is 0 Å². The summed E-state index contributed by atoms with van der Waals surface area (Å²) in [6.07, 6.45) is 3.18. The zero-order valence-corrected chi connectivity index (χ0v) is 14.2. The maximum Gasteiger partial charge on any atom is 0.227 e. The van der Waals surface area contributed by atoms with Crippen LogP contribution in [0.5, 0.6) is 0 Å². The van der Waals surface area contributed by atoms with E-state index < -0.39 is 5.41 Å². The maximum atomic E-state index is 13.0. The van der Waals surface area contributed by atoms with Gasteiger partial charge in [0.15, 0.2) is 0 Å². The molecule has 0 spiro atoms. The summed E-state index contributed by atoms with van der Waals surface area (Å²) in [5.74, 6) is 0.112. The first-order chi connectivity index (χ1) is 10.9. The van der Waals surface area contributed by atoms with Gasteiger partial charge in [-0.05, 0) is 30.2 Å². The zero-order chi connectivity index (χ0) is 16.7. The van der Waals surface area contributed by atoms with E-state index in [0.717, 1.165) is 25.0 Å². The van der Waals surface area contributed by atoms with Gasteiger partial charge >= 0.3 is 0 Å². The van der Waals surface area contributed by atoms with Crippen molar-refractivity contribution < 1.29 is 10.0 Å². The van der Waals surface area contributed by atoms with Crippen molar-refractivity contribution >= 4 is 11.6 Å². The second-order valence-corrected chi connectivity index (χ2v) is 7.75. The molecule has 4 nitrogen and oxygen atoms in total. The molecule has 0 aromatic heterocycles. The summed E-state index contributed by atoms with van der Waals surface area (Å²) in [6.45, 7) is 7.07. The summed E-state index contributed by atoms with van der Waals surface area (Å²) in [5, 5.41) is 16.0. The number of oxime groups is 1. The molecule has 0 unspecified atom stereocenters. The number of fused-ring (bicyclic) bond motifs is 2. The van der Waals surface area contributed by atoms with E-state index in [9.17, 15) is 10.0 Å². The van der Waals surface area contributed by atoms with Crippen molar-refractivity contribution in [3.8, 4) is 0 Å². The van der Waals surface area contributed by atoms with Crippen molar-refractivity contribution in [3.05, 3.63) is 35.9 Å². The lowest BCUT2D eigenvalue weighted by Gasteiger charge is -2.39. The second kappa shape index (κ2) is 5.36. The number of rotatable bonds is 4. The molecule has 0 aliphatic heterocycles. The lowest BCUT2D eigenvalue weighted by molar-refractivity contribution is -0.135. The van der Waals surface area contributed by atoms with Gasteiger partial charge in [0.05, 0.1) is 11.1 Å². The van der Waals surface area contributed by atoms with Crippen molar-refractivity contribution in [3.63, 3.8) is 0 Å². The van der Waals surface area contributed by atoms with E-state index in [-0.39, 0.29) is 16.7 Å². The molecule has 0 heterocycles. The molecule has 4 heteroatoms. The molecule has 1 aromatic rings. The van der Waals surface area contributed by atoms with Crippen LogP contribution in [0.3, 0.4) is 0 Å². The van der Waals surface area contributed by atoms with Gasteiger partial charge in [-0.15, -0.1) is 0 Å². The quantitative estimate of drug-likeness (QED) is 0.661. The Balaban J connectivity index is 1.72. The van der Waals surface area contributed by atoms with Gasteiger partial charge < -0.3 is 10.5 Å². The average molecular weight is 314 g/mol. The molecule has 2 bridgehead atoms. The molecular weight excluding hydrogens is 288 g/mol. The van der Waals surface area contributed by atoms with Crippen LogP contribution in [0.15, 0.2) is 35.5 Å². The molecule has 23 heavy (non-hydrogen) atoms. The molecule has 3 rings (SSSR count). The van der Waals surface area contributed by atoms with Gasteiger partial charge in [-0.3, -0.25) is 4.79 Å². The maximum absolute atomic E-state index is 13.0. The van der Waals surface area contributed by atoms with E-state index in [1.807, 2.05) is 18.2 Å². The molecule has 0 radical (unpaired) electrons. The minimum Gasteiger partial charge on any atom is -0.411 e. The minimum absolute atomic E-state index is 0.112. The third kappa shape index (κ3) is 2.11. The average Bonchev–Trinajstić information content (AvgIpc) is 2.85. The summed E-state index contributed by atoms with van der Waals surface area (Å²) < 4.78 is 0. The van der Waals surface area contributed by atoms with Gasteiger partial charge in [-0.2, -0.15) is 0 Å². The predicted octanol–water partition coefficient (Wildman–Crippen LogP) is 3.39. The Morgan fingerprint density at radius 3 is 2.52 bits per heavy atom. The standard InChI is InChI=1S/C19H26N2O2/c1-17(2)18(3)10-11-19(17,13-15(18)21-23)16(22)20-12-9-14-7-5-4-6-8-14/h4-8,23H,9-13H2,1-3H3,(H,20,22)/b21-15-/t18-,19-/m0/s1. The van der Waals surface area contributed by atoms with Crippen LogP contribution in [-0.2, 0) is 11.2 Å². The van der Waals surface area contributed by atoms with Crippen molar-refractivity contribution in [2.75, 3.05) is 6.54 Å². The largest absolute Gasteiger partial charge is 0.411 e. The van der Waals surface area contributed by atoms with E-state index in [1.165, 1.54) is 5.56 Å². The highest BCUT2D eigenvalue weighted by atomic mass is 16.4. The Hall–Kier alpha value is -1.84. The lowest BCUT2D eigenvalue weighted by atomic mass is 9.64. The van der Waals surface area contributed by atoms with Crippen LogP contribution in [-0.4, -0.2) is 23.4 Å². The van der Waals surface area contributed by atoms with Crippen molar-refractivity contribution in [2.45, 2.75) is 46.5 Å². The number of hydrogen-bond acceptors (Lipinski definition) is 3. The number of amides is 1. The fraction of sp³-hybridized carbons (Fsp3) is 0.579. The topological polar surface area (TPSA) is 61.7 Å². The summed E-state index contributed by atoms with van der Waals surface area (Å²) in [5.41, 5.74) is 1.19. The molecule has 2 atom stereocenters. The van der Waals surface area contributed by atoms with Crippen molar-refractivity contribution in [2.24, 2.45) is 21.4 Å². The smallest absolute Gasteiger partial charge is 0.227 e. The first-order valence-electron chi connectivity index (χ1n) is 8.41. The monoisotopic (exact) mass is 314 g/mol. The number of nitrogens with zero attached hydrogens (tertiary/aromatic N) is 1. The number of carbonyl (C=O) groups is 1. The number of nitrogens with one attached hydrogen (secondary N) is 1. The number of hydrogen-bond donors (Lipinski definition) is 2. The van der Waals surface area contributed by atoms with Crippen LogP contribution in [0.1, 0.15) is 45.6 Å². The van der Waals surface area contributed by atoms with Gasteiger partial charge in [-0.25, -0.2) is 0 Å². The molecule has 1 amide bonds. The highest BCUT2D eigenvalue weighted by Crippen LogP contribution is 2.70. The van der Waals surface area contributed by atoms with Crippen LogP contribution in [0.25, 0.3) is 0 Å². The number of benzene rings is 1. The van der Waals surface area contributed by atoms with Crippen molar-refractivity contribution in [1.29, 1.82) is 0 Å². The number of carbonyl (C=O) groups excluding carboxylic acids is 1. The van der Waals surface area contributed by atoms with Gasteiger partial charge in [-0.1, -0.05) is 56.3 Å². The molecule has 124 valence electrons. The van der Waals surface area contributed by atoms with Crippen LogP contribution in [0, 0.1) is 16.2 Å². The Labute approximate surface area is 138 Å². The van der Waals surface area contributed by atoms with Crippen LogP contribution >= 0.6 is 0 Å².